The van der Waals surface area contributed by atoms with Gasteiger partial charge in [0.2, 0.25) is 0 Å². The number of aryl methyl sites for hydroxylation is 1. The number of carbonyl (C=O) groups is 1. The molecule has 0 spiro atoms. The van der Waals surface area contributed by atoms with Gasteiger partial charge in [-0.15, -0.1) is 0 Å². The molecule has 1 aromatic carbocycles. The summed E-state index contributed by atoms with van der Waals surface area (Å²) in [4.78, 5) is 16.9. The number of hydrogen-bond acceptors (Lipinski definition) is 3. The average molecular weight is 288 g/mol. The number of carbonyl (C=O) groups excluding carboxylic acids is 1. The number of amides is 1. The Morgan fingerprint density at radius 1 is 1.14 bits per heavy atom. The summed E-state index contributed by atoms with van der Waals surface area (Å²) in [5.41, 5.74) is 2.62. The third-order valence-electron chi connectivity index (χ3n) is 3.19. The van der Waals surface area contributed by atoms with Crippen molar-refractivity contribution >= 4 is 17.0 Å². The monoisotopic (exact) mass is 288 g/mol. The number of nitrogens with zero attached hydrogens (tertiary/aromatic N) is 1. The number of aromatic nitrogens is 1. The Balaban J connectivity index is 2.61. The van der Waals surface area contributed by atoms with E-state index in [9.17, 15) is 4.79 Å². The Hall–Kier alpha value is -1.84. The summed E-state index contributed by atoms with van der Waals surface area (Å²) in [6.07, 6.45) is 0. The van der Waals surface area contributed by atoms with Gasteiger partial charge in [0, 0.05) is 18.0 Å². The first kappa shape index (κ1) is 15.5. The van der Waals surface area contributed by atoms with Crippen LogP contribution in [0.1, 0.15) is 63.4 Å². The van der Waals surface area contributed by atoms with E-state index in [2.05, 4.69) is 31.1 Å². The standard InChI is InChI=1S/C17H24N2O2/c1-10-18-13-11(15(20)19-17(5,6)7)8-9-12(14(13)21-10)16(2,3)4/h8-9H,1-7H3,(H,19,20). The van der Waals surface area contributed by atoms with Crippen LogP contribution in [0.4, 0.5) is 0 Å². The van der Waals surface area contributed by atoms with E-state index in [1.165, 1.54) is 0 Å². The number of oxazole rings is 1. The van der Waals surface area contributed by atoms with Gasteiger partial charge in [0.1, 0.15) is 5.52 Å². The van der Waals surface area contributed by atoms with Gasteiger partial charge in [0.15, 0.2) is 11.5 Å². The van der Waals surface area contributed by atoms with Crippen molar-refractivity contribution in [1.82, 2.24) is 10.3 Å². The van der Waals surface area contributed by atoms with E-state index in [0.717, 1.165) is 5.56 Å². The van der Waals surface area contributed by atoms with Gasteiger partial charge in [-0.25, -0.2) is 4.98 Å². The zero-order valence-electron chi connectivity index (χ0n) is 13.9. The molecule has 0 aliphatic rings. The molecule has 0 aliphatic carbocycles. The number of fused-ring (bicyclic) bond motifs is 1. The SMILES string of the molecule is Cc1nc2c(C(=O)NC(C)(C)C)ccc(C(C)(C)C)c2o1. The van der Waals surface area contributed by atoms with Crippen LogP contribution < -0.4 is 5.32 Å². The first-order chi connectivity index (χ1) is 9.49. The quantitative estimate of drug-likeness (QED) is 0.864. The van der Waals surface area contributed by atoms with E-state index < -0.39 is 0 Å². The van der Waals surface area contributed by atoms with Crippen LogP contribution in [0.15, 0.2) is 16.5 Å². The molecular weight excluding hydrogens is 264 g/mol. The van der Waals surface area contributed by atoms with E-state index >= 15 is 0 Å². The highest BCUT2D eigenvalue weighted by atomic mass is 16.3. The fraction of sp³-hybridized carbons (Fsp3) is 0.529. The molecule has 2 rings (SSSR count). The Morgan fingerprint density at radius 3 is 2.29 bits per heavy atom. The summed E-state index contributed by atoms with van der Waals surface area (Å²) in [7, 11) is 0. The maximum atomic E-state index is 12.5. The molecule has 0 fully saturated rings. The van der Waals surface area contributed by atoms with Crippen LogP contribution in [0, 0.1) is 6.92 Å². The average Bonchev–Trinajstić information content (AvgIpc) is 2.64. The van der Waals surface area contributed by atoms with Gasteiger partial charge in [-0.3, -0.25) is 4.79 Å². The highest BCUT2D eigenvalue weighted by Gasteiger charge is 2.25. The van der Waals surface area contributed by atoms with Crippen LogP contribution in [0.5, 0.6) is 0 Å². The van der Waals surface area contributed by atoms with Gasteiger partial charge in [-0.05, 0) is 32.3 Å². The lowest BCUT2D eigenvalue weighted by atomic mass is 9.85. The maximum Gasteiger partial charge on any atom is 0.254 e. The molecule has 21 heavy (non-hydrogen) atoms. The molecule has 0 bridgehead atoms. The topological polar surface area (TPSA) is 55.1 Å². The second-order valence-electron chi connectivity index (χ2n) is 7.53. The van der Waals surface area contributed by atoms with E-state index in [4.69, 9.17) is 4.42 Å². The Bertz CT molecular complexity index is 685. The summed E-state index contributed by atoms with van der Waals surface area (Å²) in [6.45, 7) is 14.0. The van der Waals surface area contributed by atoms with E-state index in [-0.39, 0.29) is 16.9 Å². The van der Waals surface area contributed by atoms with Crippen molar-refractivity contribution in [3.8, 4) is 0 Å². The number of nitrogens with one attached hydrogen (secondary N) is 1. The molecule has 0 saturated carbocycles. The molecule has 114 valence electrons. The van der Waals surface area contributed by atoms with Gasteiger partial charge >= 0.3 is 0 Å². The summed E-state index contributed by atoms with van der Waals surface area (Å²) in [6, 6.07) is 3.80. The van der Waals surface area contributed by atoms with Crippen molar-refractivity contribution < 1.29 is 9.21 Å². The van der Waals surface area contributed by atoms with Crippen LogP contribution in [-0.4, -0.2) is 16.4 Å². The minimum Gasteiger partial charge on any atom is -0.441 e. The molecule has 0 saturated heterocycles. The zero-order chi connectivity index (χ0) is 16.0. The van der Waals surface area contributed by atoms with Gasteiger partial charge < -0.3 is 9.73 Å². The lowest BCUT2D eigenvalue weighted by Gasteiger charge is -2.22. The van der Waals surface area contributed by atoms with Gasteiger partial charge in [0.25, 0.3) is 5.91 Å². The molecule has 0 aliphatic heterocycles. The summed E-state index contributed by atoms with van der Waals surface area (Å²) >= 11 is 0. The minimum atomic E-state index is -0.287. The molecule has 0 radical (unpaired) electrons. The summed E-state index contributed by atoms with van der Waals surface area (Å²) in [5.74, 6) is 0.452. The Kier molecular flexibility index (Phi) is 3.60. The van der Waals surface area contributed by atoms with Crippen molar-refractivity contribution in [2.75, 3.05) is 0 Å². The van der Waals surface area contributed by atoms with Gasteiger partial charge in [-0.1, -0.05) is 26.8 Å². The normalized spacial score (nSPS) is 12.7. The molecule has 1 amide bonds. The van der Waals surface area contributed by atoms with Crippen LogP contribution >= 0.6 is 0 Å². The van der Waals surface area contributed by atoms with E-state index in [0.29, 0.717) is 22.6 Å². The van der Waals surface area contributed by atoms with Crippen molar-refractivity contribution in [3.05, 3.63) is 29.2 Å². The first-order valence-corrected chi connectivity index (χ1v) is 7.22. The van der Waals surface area contributed by atoms with Crippen molar-refractivity contribution in [1.29, 1.82) is 0 Å². The zero-order valence-corrected chi connectivity index (χ0v) is 13.9. The number of hydrogen-bond donors (Lipinski definition) is 1. The predicted octanol–water partition coefficient (Wildman–Crippen LogP) is 3.96. The van der Waals surface area contributed by atoms with E-state index in [1.807, 2.05) is 32.9 Å². The van der Waals surface area contributed by atoms with Crippen LogP contribution in [0.25, 0.3) is 11.1 Å². The Labute approximate surface area is 125 Å². The second kappa shape index (κ2) is 4.86. The number of rotatable bonds is 1. The van der Waals surface area contributed by atoms with E-state index in [1.54, 1.807) is 6.92 Å². The summed E-state index contributed by atoms with van der Waals surface area (Å²) < 4.78 is 5.76. The van der Waals surface area contributed by atoms with Crippen molar-refractivity contribution in [2.24, 2.45) is 0 Å². The highest BCUT2D eigenvalue weighted by Crippen LogP contribution is 2.32. The summed E-state index contributed by atoms with van der Waals surface area (Å²) in [5, 5.41) is 2.97. The largest absolute Gasteiger partial charge is 0.441 e. The Morgan fingerprint density at radius 2 is 1.76 bits per heavy atom. The van der Waals surface area contributed by atoms with Crippen molar-refractivity contribution in [2.45, 2.75) is 59.4 Å². The van der Waals surface area contributed by atoms with Crippen LogP contribution in [0.3, 0.4) is 0 Å². The second-order valence-corrected chi connectivity index (χ2v) is 7.53. The minimum absolute atomic E-state index is 0.0662. The molecule has 4 nitrogen and oxygen atoms in total. The highest BCUT2D eigenvalue weighted by molar-refractivity contribution is 6.05. The third-order valence-corrected chi connectivity index (χ3v) is 3.19. The molecule has 0 unspecified atom stereocenters. The molecule has 1 aromatic heterocycles. The fourth-order valence-electron chi connectivity index (χ4n) is 2.30. The molecule has 4 heteroatoms. The molecule has 1 heterocycles. The molecule has 0 atom stereocenters. The fourth-order valence-corrected chi connectivity index (χ4v) is 2.30. The lowest BCUT2D eigenvalue weighted by Crippen LogP contribution is -2.40. The number of benzene rings is 1. The molecule has 1 N–H and O–H groups in total. The molecular formula is C17H24N2O2. The van der Waals surface area contributed by atoms with Gasteiger partial charge in [-0.2, -0.15) is 0 Å². The van der Waals surface area contributed by atoms with Crippen LogP contribution in [0.2, 0.25) is 0 Å². The van der Waals surface area contributed by atoms with Crippen molar-refractivity contribution in [3.63, 3.8) is 0 Å². The lowest BCUT2D eigenvalue weighted by molar-refractivity contribution is 0.0921. The smallest absolute Gasteiger partial charge is 0.254 e. The maximum absolute atomic E-state index is 12.5. The molecule has 2 aromatic rings. The third kappa shape index (κ3) is 3.26. The first-order valence-electron chi connectivity index (χ1n) is 7.22. The predicted molar refractivity (Wildman–Crippen MR) is 84.7 cm³/mol. The van der Waals surface area contributed by atoms with Crippen LogP contribution in [-0.2, 0) is 5.41 Å². The van der Waals surface area contributed by atoms with Gasteiger partial charge in [0.05, 0.1) is 5.56 Å².